The van der Waals surface area contributed by atoms with Gasteiger partial charge in [-0.05, 0) is 42.7 Å². The molecule has 5 heteroatoms. The summed E-state index contributed by atoms with van der Waals surface area (Å²) in [6, 6.07) is 15.2. The highest BCUT2D eigenvalue weighted by atomic mass is 19.1. The molecule has 2 heterocycles. The number of halogens is 1. The van der Waals surface area contributed by atoms with Crippen molar-refractivity contribution in [1.82, 2.24) is 9.55 Å². The molecule has 0 amide bonds. The van der Waals surface area contributed by atoms with E-state index in [0.29, 0.717) is 6.54 Å². The largest absolute Gasteiger partial charge is 0.342 e. The molecule has 1 aromatic heterocycles. The molecule has 0 bridgehead atoms. The van der Waals surface area contributed by atoms with Crippen molar-refractivity contribution in [2.24, 2.45) is 5.73 Å². The van der Waals surface area contributed by atoms with Crippen molar-refractivity contribution in [1.29, 1.82) is 0 Å². The summed E-state index contributed by atoms with van der Waals surface area (Å²) in [7, 11) is 0. The second kappa shape index (κ2) is 6.24. The van der Waals surface area contributed by atoms with E-state index in [1.165, 1.54) is 6.07 Å². The number of aromatic nitrogens is 2. The molecule has 1 fully saturated rings. The SMILES string of the molecule is NC1CCN(c2nc3ccccc3n2Cc2cccc(F)c2)CC1. The van der Waals surface area contributed by atoms with Gasteiger partial charge in [-0.3, -0.25) is 0 Å². The lowest BCUT2D eigenvalue weighted by molar-refractivity contribution is 0.491. The third kappa shape index (κ3) is 2.87. The van der Waals surface area contributed by atoms with Crippen LogP contribution in [-0.4, -0.2) is 28.7 Å². The molecule has 2 aromatic carbocycles. The Morgan fingerprint density at radius 3 is 2.67 bits per heavy atom. The van der Waals surface area contributed by atoms with Gasteiger partial charge in [-0.1, -0.05) is 24.3 Å². The van der Waals surface area contributed by atoms with Crippen LogP contribution in [0.25, 0.3) is 11.0 Å². The highest BCUT2D eigenvalue weighted by Crippen LogP contribution is 2.26. The van der Waals surface area contributed by atoms with E-state index in [9.17, 15) is 4.39 Å². The number of piperidine rings is 1. The summed E-state index contributed by atoms with van der Waals surface area (Å²) >= 11 is 0. The predicted octanol–water partition coefficient (Wildman–Crippen LogP) is 3.15. The fourth-order valence-electron chi connectivity index (χ4n) is 3.38. The Hall–Kier alpha value is -2.40. The van der Waals surface area contributed by atoms with E-state index in [4.69, 9.17) is 10.7 Å². The smallest absolute Gasteiger partial charge is 0.206 e. The molecule has 24 heavy (non-hydrogen) atoms. The van der Waals surface area contributed by atoms with Crippen LogP contribution in [0.1, 0.15) is 18.4 Å². The lowest BCUT2D eigenvalue weighted by Crippen LogP contribution is -2.40. The Kier molecular flexibility index (Phi) is 3.94. The van der Waals surface area contributed by atoms with E-state index in [2.05, 4.69) is 15.5 Å². The zero-order valence-corrected chi connectivity index (χ0v) is 13.5. The molecule has 0 aliphatic carbocycles. The Bertz CT molecular complexity index is 849. The first-order chi connectivity index (χ1) is 11.7. The summed E-state index contributed by atoms with van der Waals surface area (Å²) in [5, 5.41) is 0. The van der Waals surface area contributed by atoms with Crippen molar-refractivity contribution in [3.05, 3.63) is 59.9 Å². The van der Waals surface area contributed by atoms with Crippen molar-refractivity contribution in [2.45, 2.75) is 25.4 Å². The molecular formula is C19H21FN4. The van der Waals surface area contributed by atoms with Crippen LogP contribution in [0, 0.1) is 5.82 Å². The highest BCUT2D eigenvalue weighted by molar-refractivity contribution is 5.79. The molecule has 0 unspecified atom stereocenters. The number of imidazole rings is 1. The second-order valence-electron chi connectivity index (χ2n) is 6.44. The first-order valence-corrected chi connectivity index (χ1v) is 8.41. The molecule has 0 radical (unpaired) electrons. The number of hydrogen-bond donors (Lipinski definition) is 1. The first-order valence-electron chi connectivity index (χ1n) is 8.41. The minimum absolute atomic E-state index is 0.206. The standard InChI is InChI=1S/C19H21FN4/c20-15-5-3-4-14(12-15)13-24-18-7-2-1-6-17(18)22-19(24)23-10-8-16(21)9-11-23/h1-7,12,16H,8-11,13,21H2. The number of nitrogens with two attached hydrogens (primary N) is 1. The van der Waals surface area contributed by atoms with E-state index in [0.717, 1.165) is 48.5 Å². The molecule has 3 aromatic rings. The van der Waals surface area contributed by atoms with E-state index >= 15 is 0 Å². The monoisotopic (exact) mass is 324 g/mol. The van der Waals surface area contributed by atoms with Gasteiger partial charge in [0.25, 0.3) is 0 Å². The van der Waals surface area contributed by atoms with Gasteiger partial charge in [0, 0.05) is 19.1 Å². The van der Waals surface area contributed by atoms with Crippen LogP contribution in [0.2, 0.25) is 0 Å². The first kappa shape index (κ1) is 15.1. The zero-order valence-electron chi connectivity index (χ0n) is 13.5. The molecule has 0 atom stereocenters. The van der Waals surface area contributed by atoms with Gasteiger partial charge in [-0.2, -0.15) is 0 Å². The van der Waals surface area contributed by atoms with E-state index in [1.54, 1.807) is 12.1 Å². The maximum atomic E-state index is 13.6. The molecule has 1 aliphatic rings. The average molecular weight is 324 g/mol. The van der Waals surface area contributed by atoms with Crippen molar-refractivity contribution >= 4 is 17.0 Å². The summed E-state index contributed by atoms with van der Waals surface area (Å²) in [5.41, 5.74) is 9.02. The fraction of sp³-hybridized carbons (Fsp3) is 0.316. The molecular weight excluding hydrogens is 303 g/mol. The van der Waals surface area contributed by atoms with Crippen LogP contribution in [0.5, 0.6) is 0 Å². The van der Waals surface area contributed by atoms with Crippen molar-refractivity contribution in [3.63, 3.8) is 0 Å². The van der Waals surface area contributed by atoms with Crippen molar-refractivity contribution in [2.75, 3.05) is 18.0 Å². The lowest BCUT2D eigenvalue weighted by Gasteiger charge is -2.31. The number of para-hydroxylation sites is 2. The van der Waals surface area contributed by atoms with Crippen LogP contribution in [0.15, 0.2) is 48.5 Å². The van der Waals surface area contributed by atoms with Crippen LogP contribution in [0.4, 0.5) is 10.3 Å². The van der Waals surface area contributed by atoms with Crippen LogP contribution in [-0.2, 0) is 6.54 Å². The maximum Gasteiger partial charge on any atom is 0.206 e. The summed E-state index contributed by atoms with van der Waals surface area (Å²) in [6.07, 6.45) is 1.95. The number of anilines is 1. The van der Waals surface area contributed by atoms with Gasteiger partial charge in [0.2, 0.25) is 5.95 Å². The number of fused-ring (bicyclic) bond motifs is 1. The number of benzene rings is 2. The average Bonchev–Trinajstić information content (AvgIpc) is 2.94. The zero-order chi connectivity index (χ0) is 16.5. The van der Waals surface area contributed by atoms with Gasteiger partial charge >= 0.3 is 0 Å². The fourth-order valence-corrected chi connectivity index (χ4v) is 3.38. The van der Waals surface area contributed by atoms with Gasteiger partial charge in [-0.25, -0.2) is 9.37 Å². The van der Waals surface area contributed by atoms with Gasteiger partial charge in [0.15, 0.2) is 0 Å². The quantitative estimate of drug-likeness (QED) is 0.805. The Morgan fingerprint density at radius 2 is 1.88 bits per heavy atom. The summed E-state index contributed by atoms with van der Waals surface area (Å²) in [4.78, 5) is 7.13. The topological polar surface area (TPSA) is 47.1 Å². The molecule has 1 saturated heterocycles. The molecule has 124 valence electrons. The van der Waals surface area contributed by atoms with Gasteiger partial charge < -0.3 is 15.2 Å². The Morgan fingerprint density at radius 1 is 1.08 bits per heavy atom. The molecule has 0 saturated carbocycles. The van der Waals surface area contributed by atoms with Gasteiger partial charge in [-0.15, -0.1) is 0 Å². The summed E-state index contributed by atoms with van der Waals surface area (Å²) in [5.74, 6) is 0.745. The molecule has 1 aliphatic heterocycles. The minimum atomic E-state index is -0.206. The minimum Gasteiger partial charge on any atom is -0.342 e. The number of rotatable bonds is 3. The van der Waals surface area contributed by atoms with Crippen LogP contribution >= 0.6 is 0 Å². The second-order valence-corrected chi connectivity index (χ2v) is 6.44. The number of hydrogen-bond acceptors (Lipinski definition) is 3. The predicted molar refractivity (Wildman–Crippen MR) is 94.7 cm³/mol. The van der Waals surface area contributed by atoms with Gasteiger partial charge in [0.1, 0.15) is 5.82 Å². The van der Waals surface area contributed by atoms with E-state index < -0.39 is 0 Å². The van der Waals surface area contributed by atoms with Crippen molar-refractivity contribution < 1.29 is 4.39 Å². The molecule has 0 spiro atoms. The Labute approximate surface area is 140 Å². The maximum absolute atomic E-state index is 13.6. The summed E-state index contributed by atoms with van der Waals surface area (Å²) in [6.45, 7) is 2.43. The molecule has 4 rings (SSSR count). The van der Waals surface area contributed by atoms with Crippen molar-refractivity contribution in [3.8, 4) is 0 Å². The van der Waals surface area contributed by atoms with E-state index in [-0.39, 0.29) is 11.9 Å². The normalized spacial score (nSPS) is 16.0. The molecule has 2 N–H and O–H groups in total. The molecule has 4 nitrogen and oxygen atoms in total. The van der Waals surface area contributed by atoms with E-state index in [1.807, 2.05) is 24.3 Å². The Balaban J connectivity index is 1.75. The third-order valence-electron chi connectivity index (χ3n) is 4.69. The lowest BCUT2D eigenvalue weighted by atomic mass is 10.1. The van der Waals surface area contributed by atoms with Crippen LogP contribution < -0.4 is 10.6 Å². The number of nitrogens with zero attached hydrogens (tertiary/aromatic N) is 3. The van der Waals surface area contributed by atoms with Crippen LogP contribution in [0.3, 0.4) is 0 Å². The summed E-state index contributed by atoms with van der Waals surface area (Å²) < 4.78 is 15.7. The third-order valence-corrected chi connectivity index (χ3v) is 4.69. The highest BCUT2D eigenvalue weighted by Gasteiger charge is 2.22. The van der Waals surface area contributed by atoms with Gasteiger partial charge in [0.05, 0.1) is 17.6 Å².